The number of rotatable bonds is 8. The minimum atomic E-state index is -0.432. The zero-order chi connectivity index (χ0) is 22.3. The second-order valence-electron chi connectivity index (χ2n) is 8.30. The van der Waals surface area contributed by atoms with Crippen LogP contribution < -0.4 is 10.1 Å². The molecule has 1 saturated heterocycles. The Morgan fingerprint density at radius 2 is 1.84 bits per heavy atom. The number of nitrogens with zero attached hydrogens (tertiary/aromatic N) is 4. The Labute approximate surface area is 189 Å². The molecule has 4 rings (SSSR count). The molecule has 0 amide bonds. The molecule has 1 fully saturated rings. The standard InChI is InChI=1S/C25H30FN5O/c1-19(2)31-16-14-30(15-17-31)13-11-20-6-5-7-21(18-20)28-25-27-12-10-24(29-25)32-23-9-4-3-8-22(23)26/h3-10,12,18-19H,11,13-17H2,1-2H3,(H,27,28,29). The predicted molar refractivity (Wildman–Crippen MR) is 125 cm³/mol. The second kappa shape index (κ2) is 10.5. The molecular formula is C25H30FN5O. The van der Waals surface area contributed by atoms with E-state index in [1.165, 1.54) is 11.6 Å². The summed E-state index contributed by atoms with van der Waals surface area (Å²) in [4.78, 5) is 13.7. The van der Waals surface area contributed by atoms with Gasteiger partial charge in [-0.1, -0.05) is 24.3 Å². The van der Waals surface area contributed by atoms with Crippen LogP contribution in [-0.2, 0) is 6.42 Å². The van der Waals surface area contributed by atoms with Gasteiger partial charge in [0.25, 0.3) is 0 Å². The fourth-order valence-corrected chi connectivity index (χ4v) is 3.82. The third kappa shape index (κ3) is 6.02. The maximum absolute atomic E-state index is 13.8. The highest BCUT2D eigenvalue weighted by Crippen LogP contribution is 2.24. The predicted octanol–water partition coefficient (Wildman–Crippen LogP) is 4.72. The van der Waals surface area contributed by atoms with Crippen molar-refractivity contribution in [3.63, 3.8) is 0 Å². The van der Waals surface area contributed by atoms with Crippen LogP contribution in [0.4, 0.5) is 16.0 Å². The Kier molecular flexibility index (Phi) is 7.29. The van der Waals surface area contributed by atoms with Crippen LogP contribution >= 0.6 is 0 Å². The molecule has 0 radical (unpaired) electrons. The van der Waals surface area contributed by atoms with Gasteiger partial charge in [0.15, 0.2) is 11.6 Å². The van der Waals surface area contributed by atoms with Crippen molar-refractivity contribution < 1.29 is 9.13 Å². The Morgan fingerprint density at radius 1 is 1.03 bits per heavy atom. The smallest absolute Gasteiger partial charge is 0.230 e. The van der Waals surface area contributed by atoms with E-state index in [1.54, 1.807) is 30.5 Å². The molecule has 7 heteroatoms. The summed E-state index contributed by atoms with van der Waals surface area (Å²) in [5, 5.41) is 3.23. The van der Waals surface area contributed by atoms with Crippen LogP contribution in [-0.4, -0.2) is 58.5 Å². The highest BCUT2D eigenvalue weighted by Gasteiger charge is 2.18. The number of piperazine rings is 1. The summed E-state index contributed by atoms with van der Waals surface area (Å²) < 4.78 is 19.4. The zero-order valence-electron chi connectivity index (χ0n) is 18.7. The fraction of sp³-hybridized carbons (Fsp3) is 0.360. The molecule has 1 N–H and O–H groups in total. The van der Waals surface area contributed by atoms with Crippen molar-refractivity contribution in [2.24, 2.45) is 0 Å². The number of nitrogens with one attached hydrogen (secondary N) is 1. The Morgan fingerprint density at radius 3 is 2.62 bits per heavy atom. The summed E-state index contributed by atoms with van der Waals surface area (Å²) in [7, 11) is 0. The summed E-state index contributed by atoms with van der Waals surface area (Å²) in [6, 6.07) is 16.8. The van der Waals surface area contributed by atoms with E-state index < -0.39 is 5.82 Å². The van der Waals surface area contributed by atoms with Gasteiger partial charge in [-0.2, -0.15) is 4.98 Å². The van der Waals surface area contributed by atoms with Gasteiger partial charge in [0.05, 0.1) is 0 Å². The molecule has 32 heavy (non-hydrogen) atoms. The SMILES string of the molecule is CC(C)N1CCN(CCc2cccc(Nc3nccc(Oc4ccccc4F)n3)c2)CC1. The van der Waals surface area contributed by atoms with Crippen LogP contribution in [0.15, 0.2) is 60.8 Å². The lowest BCUT2D eigenvalue weighted by molar-refractivity contribution is 0.109. The van der Waals surface area contributed by atoms with E-state index in [4.69, 9.17) is 4.74 Å². The average molecular weight is 436 g/mol. The summed E-state index contributed by atoms with van der Waals surface area (Å²) in [5.74, 6) is 0.386. The number of hydrogen-bond donors (Lipinski definition) is 1. The molecule has 0 atom stereocenters. The number of ether oxygens (including phenoxy) is 1. The molecule has 0 bridgehead atoms. The van der Waals surface area contributed by atoms with Crippen molar-refractivity contribution in [1.82, 2.24) is 19.8 Å². The maximum Gasteiger partial charge on any atom is 0.230 e. The molecule has 0 spiro atoms. The van der Waals surface area contributed by atoms with Crippen molar-refractivity contribution in [1.29, 1.82) is 0 Å². The minimum absolute atomic E-state index is 0.133. The lowest BCUT2D eigenvalue weighted by atomic mass is 10.1. The topological polar surface area (TPSA) is 53.5 Å². The van der Waals surface area contributed by atoms with Crippen LogP contribution in [0, 0.1) is 5.82 Å². The molecule has 0 saturated carbocycles. The van der Waals surface area contributed by atoms with Gasteiger partial charge in [-0.15, -0.1) is 0 Å². The van der Waals surface area contributed by atoms with Crippen LogP contribution in [0.3, 0.4) is 0 Å². The van der Waals surface area contributed by atoms with E-state index in [0.29, 0.717) is 12.0 Å². The summed E-state index contributed by atoms with van der Waals surface area (Å²) >= 11 is 0. The van der Waals surface area contributed by atoms with E-state index >= 15 is 0 Å². The molecule has 0 aliphatic carbocycles. The summed E-state index contributed by atoms with van der Waals surface area (Å²) in [5.41, 5.74) is 2.18. The average Bonchev–Trinajstić information content (AvgIpc) is 2.80. The number of halogens is 1. The van der Waals surface area contributed by atoms with Gasteiger partial charge in [0.2, 0.25) is 11.8 Å². The van der Waals surface area contributed by atoms with Crippen LogP contribution in [0.25, 0.3) is 0 Å². The van der Waals surface area contributed by atoms with E-state index in [0.717, 1.165) is 44.8 Å². The number of aromatic nitrogens is 2. The number of hydrogen-bond acceptors (Lipinski definition) is 6. The van der Waals surface area contributed by atoms with Crippen molar-refractivity contribution in [3.8, 4) is 11.6 Å². The van der Waals surface area contributed by atoms with Crippen molar-refractivity contribution in [3.05, 3.63) is 72.2 Å². The highest BCUT2D eigenvalue weighted by atomic mass is 19.1. The molecule has 1 aliphatic rings. The van der Waals surface area contributed by atoms with Crippen molar-refractivity contribution in [2.45, 2.75) is 26.3 Å². The zero-order valence-corrected chi connectivity index (χ0v) is 18.7. The van der Waals surface area contributed by atoms with Crippen LogP contribution in [0.1, 0.15) is 19.4 Å². The first-order valence-corrected chi connectivity index (χ1v) is 11.1. The van der Waals surface area contributed by atoms with Crippen molar-refractivity contribution in [2.75, 3.05) is 38.0 Å². The van der Waals surface area contributed by atoms with Gasteiger partial charge in [0, 0.05) is 56.7 Å². The molecule has 2 heterocycles. The monoisotopic (exact) mass is 435 g/mol. The Hall–Kier alpha value is -3.03. The Bertz CT molecular complexity index is 1020. The number of benzene rings is 2. The summed E-state index contributed by atoms with van der Waals surface area (Å²) in [6.45, 7) is 10.1. The van der Waals surface area contributed by atoms with Gasteiger partial charge in [-0.25, -0.2) is 9.37 Å². The first kappa shape index (κ1) is 22.2. The third-order valence-electron chi connectivity index (χ3n) is 5.72. The minimum Gasteiger partial charge on any atom is -0.436 e. The second-order valence-corrected chi connectivity index (χ2v) is 8.30. The van der Waals surface area contributed by atoms with E-state index in [1.807, 2.05) is 12.1 Å². The summed E-state index contributed by atoms with van der Waals surface area (Å²) in [6.07, 6.45) is 2.58. The first-order valence-electron chi connectivity index (χ1n) is 11.1. The Balaban J connectivity index is 1.33. The van der Waals surface area contributed by atoms with Gasteiger partial charge in [-0.3, -0.25) is 4.90 Å². The largest absolute Gasteiger partial charge is 0.436 e. The van der Waals surface area contributed by atoms with Crippen molar-refractivity contribution >= 4 is 11.6 Å². The molecule has 1 aromatic heterocycles. The molecular weight excluding hydrogens is 405 g/mol. The van der Waals surface area contributed by atoms with Gasteiger partial charge < -0.3 is 15.0 Å². The van der Waals surface area contributed by atoms with Gasteiger partial charge >= 0.3 is 0 Å². The van der Waals surface area contributed by atoms with Gasteiger partial charge in [0.1, 0.15) is 0 Å². The highest BCUT2D eigenvalue weighted by molar-refractivity contribution is 5.54. The van der Waals surface area contributed by atoms with Gasteiger partial charge in [-0.05, 0) is 50.1 Å². The lowest BCUT2D eigenvalue weighted by Crippen LogP contribution is -2.49. The number of anilines is 2. The van der Waals surface area contributed by atoms with E-state index in [-0.39, 0.29) is 11.6 Å². The van der Waals surface area contributed by atoms with E-state index in [2.05, 4.69) is 51.1 Å². The molecule has 168 valence electrons. The molecule has 3 aromatic rings. The third-order valence-corrected chi connectivity index (χ3v) is 5.72. The maximum atomic E-state index is 13.8. The molecule has 0 unspecified atom stereocenters. The molecule has 1 aliphatic heterocycles. The van der Waals surface area contributed by atoms with Crippen LogP contribution in [0.5, 0.6) is 11.6 Å². The van der Waals surface area contributed by atoms with E-state index in [9.17, 15) is 4.39 Å². The fourth-order valence-electron chi connectivity index (χ4n) is 3.82. The molecule has 6 nitrogen and oxygen atoms in total. The molecule has 2 aromatic carbocycles. The first-order chi connectivity index (χ1) is 15.6. The van der Waals surface area contributed by atoms with Crippen LogP contribution in [0.2, 0.25) is 0 Å². The lowest BCUT2D eigenvalue weighted by Gasteiger charge is -2.36. The quantitative estimate of drug-likeness (QED) is 0.553. The number of para-hydroxylation sites is 1. The normalized spacial score (nSPS) is 15.1.